The first-order chi connectivity index (χ1) is 9.84. The van der Waals surface area contributed by atoms with Gasteiger partial charge in [0.05, 0.1) is 18.4 Å². The van der Waals surface area contributed by atoms with E-state index in [0.717, 1.165) is 18.9 Å². The van der Waals surface area contributed by atoms with E-state index < -0.39 is 35.7 Å². The second-order valence-corrected chi connectivity index (χ2v) is 5.12. The number of hydrogen-bond acceptors (Lipinski definition) is 4. The van der Waals surface area contributed by atoms with Crippen molar-refractivity contribution in [1.29, 1.82) is 0 Å². The quantitative estimate of drug-likeness (QED) is 0.345. The van der Waals surface area contributed by atoms with Crippen molar-refractivity contribution in [2.75, 3.05) is 6.61 Å². The topological polar surface area (TPSA) is 101 Å². The highest BCUT2D eigenvalue weighted by Crippen LogP contribution is 2.27. The third-order valence-corrected chi connectivity index (χ3v) is 3.42. The summed E-state index contributed by atoms with van der Waals surface area (Å²) in [6.45, 7) is 6.67. The highest BCUT2D eigenvalue weighted by Gasteiger charge is 2.37. The van der Waals surface area contributed by atoms with Crippen LogP contribution in [-0.2, 0) is 19.1 Å². The van der Waals surface area contributed by atoms with Crippen LogP contribution < -0.4 is 0 Å². The Morgan fingerprint density at radius 2 is 1.81 bits per heavy atom. The van der Waals surface area contributed by atoms with Crippen LogP contribution in [0.3, 0.4) is 0 Å². The molecule has 0 aromatic carbocycles. The molecule has 0 rings (SSSR count). The molecule has 0 bridgehead atoms. The molecule has 0 aromatic rings. The number of aliphatic carboxylic acids is 2. The van der Waals surface area contributed by atoms with E-state index in [0.29, 0.717) is 12.8 Å². The van der Waals surface area contributed by atoms with E-state index in [2.05, 4.69) is 6.58 Å². The van der Waals surface area contributed by atoms with E-state index in [1.807, 2.05) is 6.92 Å². The molecule has 0 spiro atoms. The third-order valence-electron chi connectivity index (χ3n) is 3.42. The SMILES string of the molecule is C=CC(=O)OCC(C)C(C(=O)O)C(CCCCC)C(=O)O. The van der Waals surface area contributed by atoms with Gasteiger partial charge in [0.2, 0.25) is 0 Å². The Bertz CT molecular complexity index is 376. The van der Waals surface area contributed by atoms with Crippen molar-refractivity contribution in [1.82, 2.24) is 0 Å². The lowest BCUT2D eigenvalue weighted by Crippen LogP contribution is -2.36. The van der Waals surface area contributed by atoms with E-state index in [1.54, 1.807) is 6.92 Å². The summed E-state index contributed by atoms with van der Waals surface area (Å²) in [6, 6.07) is 0. The molecule has 0 aliphatic carbocycles. The Labute approximate surface area is 124 Å². The average molecular weight is 300 g/mol. The van der Waals surface area contributed by atoms with Crippen molar-refractivity contribution < 1.29 is 29.3 Å². The molecule has 0 aromatic heterocycles. The fourth-order valence-electron chi connectivity index (χ4n) is 2.26. The maximum Gasteiger partial charge on any atom is 0.330 e. The highest BCUT2D eigenvalue weighted by atomic mass is 16.5. The van der Waals surface area contributed by atoms with Crippen LogP contribution >= 0.6 is 0 Å². The van der Waals surface area contributed by atoms with Crippen LogP contribution in [0.25, 0.3) is 0 Å². The van der Waals surface area contributed by atoms with Gasteiger partial charge in [0.25, 0.3) is 0 Å². The van der Waals surface area contributed by atoms with Gasteiger partial charge in [0.15, 0.2) is 0 Å². The summed E-state index contributed by atoms with van der Waals surface area (Å²) in [5, 5.41) is 18.6. The lowest BCUT2D eigenvalue weighted by atomic mass is 9.80. The van der Waals surface area contributed by atoms with Crippen molar-refractivity contribution in [3.63, 3.8) is 0 Å². The lowest BCUT2D eigenvalue weighted by molar-refractivity contribution is -0.158. The molecule has 21 heavy (non-hydrogen) atoms. The van der Waals surface area contributed by atoms with Gasteiger partial charge in [-0.05, 0) is 6.42 Å². The maximum atomic E-state index is 11.4. The molecule has 0 amide bonds. The largest absolute Gasteiger partial charge is 0.481 e. The van der Waals surface area contributed by atoms with Gasteiger partial charge < -0.3 is 14.9 Å². The molecule has 6 nitrogen and oxygen atoms in total. The van der Waals surface area contributed by atoms with E-state index in [1.165, 1.54) is 0 Å². The first-order valence-electron chi connectivity index (χ1n) is 7.09. The number of carbonyl (C=O) groups excluding carboxylic acids is 1. The van der Waals surface area contributed by atoms with Gasteiger partial charge in [0.1, 0.15) is 0 Å². The van der Waals surface area contributed by atoms with Crippen molar-refractivity contribution in [3.05, 3.63) is 12.7 Å². The number of esters is 1. The summed E-state index contributed by atoms with van der Waals surface area (Å²) in [6.07, 6.45) is 3.74. The van der Waals surface area contributed by atoms with Gasteiger partial charge in [-0.3, -0.25) is 9.59 Å². The molecule has 0 radical (unpaired) electrons. The van der Waals surface area contributed by atoms with Crippen molar-refractivity contribution in [3.8, 4) is 0 Å². The zero-order valence-electron chi connectivity index (χ0n) is 12.6. The zero-order chi connectivity index (χ0) is 16.4. The van der Waals surface area contributed by atoms with Crippen molar-refractivity contribution >= 4 is 17.9 Å². The summed E-state index contributed by atoms with van der Waals surface area (Å²) in [5.41, 5.74) is 0. The summed E-state index contributed by atoms with van der Waals surface area (Å²) < 4.78 is 4.83. The number of carboxylic acids is 2. The monoisotopic (exact) mass is 300 g/mol. The molecular weight excluding hydrogens is 276 g/mol. The maximum absolute atomic E-state index is 11.4. The first kappa shape index (κ1) is 19.1. The Morgan fingerprint density at radius 3 is 2.24 bits per heavy atom. The summed E-state index contributed by atoms with van der Waals surface area (Å²) >= 11 is 0. The molecule has 3 unspecified atom stereocenters. The normalized spacial score (nSPS) is 14.8. The molecule has 0 fully saturated rings. The fraction of sp³-hybridized carbons (Fsp3) is 0.667. The van der Waals surface area contributed by atoms with Gasteiger partial charge in [-0.2, -0.15) is 0 Å². The zero-order valence-corrected chi connectivity index (χ0v) is 12.6. The highest BCUT2D eigenvalue weighted by molar-refractivity contribution is 5.81. The number of carboxylic acid groups (broad SMARTS) is 2. The molecular formula is C15H24O6. The predicted molar refractivity (Wildman–Crippen MR) is 76.7 cm³/mol. The van der Waals surface area contributed by atoms with Crippen LogP contribution in [0.1, 0.15) is 39.5 Å². The molecule has 120 valence electrons. The Morgan fingerprint density at radius 1 is 1.19 bits per heavy atom. The predicted octanol–water partition coefficient (Wildman–Crippen LogP) is 2.33. The van der Waals surface area contributed by atoms with Crippen LogP contribution in [0.2, 0.25) is 0 Å². The van der Waals surface area contributed by atoms with Crippen LogP contribution in [0.5, 0.6) is 0 Å². The first-order valence-corrected chi connectivity index (χ1v) is 7.09. The van der Waals surface area contributed by atoms with Crippen LogP contribution in [0.4, 0.5) is 0 Å². The molecule has 6 heteroatoms. The minimum atomic E-state index is -1.18. The summed E-state index contributed by atoms with van der Waals surface area (Å²) in [4.78, 5) is 33.8. The number of carbonyl (C=O) groups is 3. The Balaban J connectivity index is 4.86. The molecule has 0 aliphatic heterocycles. The molecule has 0 saturated heterocycles. The average Bonchev–Trinajstić information content (AvgIpc) is 2.42. The Hall–Kier alpha value is -1.85. The molecule has 3 atom stereocenters. The molecule has 0 saturated carbocycles. The van der Waals surface area contributed by atoms with Gasteiger partial charge in [-0.1, -0.05) is 39.7 Å². The lowest BCUT2D eigenvalue weighted by Gasteiger charge is -2.25. The van der Waals surface area contributed by atoms with E-state index >= 15 is 0 Å². The third kappa shape index (κ3) is 6.92. The summed E-state index contributed by atoms with van der Waals surface area (Å²) in [7, 11) is 0. The summed E-state index contributed by atoms with van der Waals surface area (Å²) in [5.74, 6) is -5.61. The molecule has 0 aliphatic rings. The van der Waals surface area contributed by atoms with Gasteiger partial charge in [0, 0.05) is 12.0 Å². The fourth-order valence-corrected chi connectivity index (χ4v) is 2.26. The van der Waals surface area contributed by atoms with E-state index in [4.69, 9.17) is 4.74 Å². The second-order valence-electron chi connectivity index (χ2n) is 5.12. The minimum Gasteiger partial charge on any atom is -0.481 e. The second kappa shape index (κ2) is 9.96. The number of ether oxygens (including phenoxy) is 1. The van der Waals surface area contributed by atoms with E-state index in [9.17, 15) is 24.6 Å². The van der Waals surface area contributed by atoms with Crippen LogP contribution in [0, 0.1) is 17.8 Å². The van der Waals surface area contributed by atoms with Gasteiger partial charge >= 0.3 is 17.9 Å². The Kier molecular flexibility index (Phi) is 9.08. The van der Waals surface area contributed by atoms with Crippen molar-refractivity contribution in [2.45, 2.75) is 39.5 Å². The van der Waals surface area contributed by atoms with E-state index in [-0.39, 0.29) is 6.61 Å². The molecule has 2 N–H and O–H groups in total. The van der Waals surface area contributed by atoms with Crippen LogP contribution in [-0.4, -0.2) is 34.7 Å². The van der Waals surface area contributed by atoms with Gasteiger partial charge in [-0.15, -0.1) is 0 Å². The number of hydrogen-bond donors (Lipinski definition) is 2. The minimum absolute atomic E-state index is 0.140. The van der Waals surface area contributed by atoms with Gasteiger partial charge in [-0.25, -0.2) is 4.79 Å². The molecule has 0 heterocycles. The standard InChI is InChI=1S/C15H24O6/c1-4-6-7-8-11(14(17)18)13(15(19)20)10(3)9-21-12(16)5-2/h5,10-11,13H,2,4,6-9H2,1,3H3,(H,17,18)(H,19,20). The van der Waals surface area contributed by atoms with Crippen molar-refractivity contribution in [2.24, 2.45) is 17.8 Å². The number of rotatable bonds is 11. The smallest absolute Gasteiger partial charge is 0.330 e. The number of unbranched alkanes of at least 4 members (excludes halogenated alkanes) is 2. The van der Waals surface area contributed by atoms with Crippen LogP contribution in [0.15, 0.2) is 12.7 Å².